The summed E-state index contributed by atoms with van der Waals surface area (Å²) in [6, 6.07) is 17.0. The summed E-state index contributed by atoms with van der Waals surface area (Å²) in [6.07, 6.45) is 0. The van der Waals surface area contributed by atoms with Gasteiger partial charge in [-0.25, -0.2) is 4.39 Å². The third kappa shape index (κ3) is 4.95. The van der Waals surface area contributed by atoms with E-state index < -0.39 is 0 Å². The molecule has 0 amide bonds. The van der Waals surface area contributed by atoms with Gasteiger partial charge in [0.05, 0.1) is 10.7 Å². The fourth-order valence-corrected chi connectivity index (χ4v) is 3.81. The first-order chi connectivity index (χ1) is 13.5. The normalized spacial score (nSPS) is 10.6. The molecular formula is C23H23FINO2. The third-order valence-corrected chi connectivity index (χ3v) is 5.29. The summed E-state index contributed by atoms with van der Waals surface area (Å²) >= 11 is 2.23. The lowest BCUT2D eigenvalue weighted by Crippen LogP contribution is -2.05. The van der Waals surface area contributed by atoms with Crippen molar-refractivity contribution in [3.8, 4) is 11.5 Å². The van der Waals surface area contributed by atoms with Crippen molar-refractivity contribution in [1.29, 1.82) is 0 Å². The summed E-state index contributed by atoms with van der Waals surface area (Å²) in [6.45, 7) is 5.01. The van der Waals surface area contributed by atoms with E-state index in [1.54, 1.807) is 25.3 Å². The molecule has 0 saturated heterocycles. The molecule has 0 aromatic heterocycles. The lowest BCUT2D eigenvalue weighted by molar-refractivity contribution is 0.277. The molecular weight excluding hydrogens is 468 g/mol. The molecule has 0 spiro atoms. The second kappa shape index (κ2) is 9.28. The maximum atomic E-state index is 13.8. The average molecular weight is 491 g/mol. The molecule has 0 atom stereocenters. The second-order valence-corrected chi connectivity index (χ2v) is 7.82. The minimum Gasteiger partial charge on any atom is -0.493 e. The van der Waals surface area contributed by atoms with Crippen LogP contribution < -0.4 is 14.8 Å². The smallest absolute Gasteiger partial charge is 0.174 e. The van der Waals surface area contributed by atoms with Crippen LogP contribution in [0.25, 0.3) is 0 Å². The van der Waals surface area contributed by atoms with Crippen molar-refractivity contribution in [2.75, 3.05) is 12.4 Å². The van der Waals surface area contributed by atoms with Crippen LogP contribution in [0.15, 0.2) is 54.6 Å². The Hall–Kier alpha value is -2.28. The van der Waals surface area contributed by atoms with Crippen LogP contribution in [-0.4, -0.2) is 7.11 Å². The molecule has 0 aliphatic rings. The Morgan fingerprint density at radius 3 is 2.54 bits per heavy atom. The van der Waals surface area contributed by atoms with Gasteiger partial charge < -0.3 is 14.8 Å². The molecule has 0 fully saturated rings. The summed E-state index contributed by atoms with van der Waals surface area (Å²) in [7, 11) is 1.61. The highest BCUT2D eigenvalue weighted by atomic mass is 127. The van der Waals surface area contributed by atoms with Gasteiger partial charge in [-0.05, 0) is 71.8 Å². The van der Waals surface area contributed by atoms with E-state index in [0.29, 0.717) is 23.6 Å². The maximum absolute atomic E-state index is 13.8. The van der Waals surface area contributed by atoms with Gasteiger partial charge in [-0.3, -0.25) is 0 Å². The molecule has 3 nitrogen and oxygen atoms in total. The summed E-state index contributed by atoms with van der Waals surface area (Å²) in [4.78, 5) is 0. The van der Waals surface area contributed by atoms with E-state index in [2.05, 4.69) is 66.0 Å². The zero-order valence-electron chi connectivity index (χ0n) is 16.2. The number of rotatable bonds is 7. The van der Waals surface area contributed by atoms with Gasteiger partial charge in [0.1, 0.15) is 12.4 Å². The van der Waals surface area contributed by atoms with Crippen LogP contribution in [0.5, 0.6) is 11.5 Å². The van der Waals surface area contributed by atoms with Gasteiger partial charge in [-0.1, -0.05) is 35.9 Å². The number of ether oxygens (including phenoxy) is 2. The van der Waals surface area contributed by atoms with E-state index in [0.717, 1.165) is 14.8 Å². The predicted octanol–water partition coefficient (Wildman–Crippen LogP) is 6.25. The molecule has 0 heterocycles. The van der Waals surface area contributed by atoms with Gasteiger partial charge in [0.15, 0.2) is 11.5 Å². The molecule has 0 saturated carbocycles. The minimum absolute atomic E-state index is 0.152. The predicted molar refractivity (Wildman–Crippen MR) is 120 cm³/mol. The van der Waals surface area contributed by atoms with Crippen LogP contribution in [0.2, 0.25) is 0 Å². The zero-order valence-corrected chi connectivity index (χ0v) is 18.3. The molecule has 28 heavy (non-hydrogen) atoms. The van der Waals surface area contributed by atoms with Crippen molar-refractivity contribution in [2.45, 2.75) is 27.0 Å². The minimum atomic E-state index is -0.272. The summed E-state index contributed by atoms with van der Waals surface area (Å²) < 4.78 is 26.2. The van der Waals surface area contributed by atoms with Gasteiger partial charge in [0.25, 0.3) is 0 Å². The van der Waals surface area contributed by atoms with E-state index in [1.165, 1.54) is 17.2 Å². The highest BCUT2D eigenvalue weighted by molar-refractivity contribution is 14.1. The Kier molecular flexibility index (Phi) is 6.78. The lowest BCUT2D eigenvalue weighted by Gasteiger charge is -2.16. The van der Waals surface area contributed by atoms with Crippen LogP contribution in [0.4, 0.5) is 10.1 Å². The molecule has 146 valence electrons. The van der Waals surface area contributed by atoms with Crippen LogP contribution in [-0.2, 0) is 13.2 Å². The topological polar surface area (TPSA) is 30.5 Å². The Labute approximate surface area is 179 Å². The monoisotopic (exact) mass is 491 g/mol. The number of benzene rings is 3. The first-order valence-electron chi connectivity index (χ1n) is 9.01. The van der Waals surface area contributed by atoms with E-state index in [9.17, 15) is 4.39 Å². The number of nitrogens with one attached hydrogen (secondary N) is 1. The number of hydrogen-bond acceptors (Lipinski definition) is 3. The van der Waals surface area contributed by atoms with Crippen molar-refractivity contribution in [3.63, 3.8) is 0 Å². The first-order valence-corrected chi connectivity index (χ1v) is 10.1. The van der Waals surface area contributed by atoms with Crippen LogP contribution in [0, 0.1) is 23.2 Å². The number of hydrogen-bond donors (Lipinski definition) is 1. The highest BCUT2D eigenvalue weighted by Crippen LogP contribution is 2.35. The maximum Gasteiger partial charge on any atom is 0.174 e. The van der Waals surface area contributed by atoms with Crippen molar-refractivity contribution in [2.24, 2.45) is 0 Å². The molecule has 1 N–H and O–H groups in total. The van der Waals surface area contributed by atoms with Gasteiger partial charge >= 0.3 is 0 Å². The number of anilines is 1. The molecule has 0 radical (unpaired) electrons. The van der Waals surface area contributed by atoms with Crippen LogP contribution in [0.3, 0.4) is 0 Å². The molecule has 3 aromatic rings. The molecule has 0 unspecified atom stereocenters. The molecule has 0 aliphatic carbocycles. The van der Waals surface area contributed by atoms with Crippen molar-refractivity contribution in [3.05, 3.63) is 86.2 Å². The summed E-state index contributed by atoms with van der Waals surface area (Å²) in [5.74, 6) is 0.994. The van der Waals surface area contributed by atoms with Gasteiger partial charge in [0.2, 0.25) is 0 Å². The van der Waals surface area contributed by atoms with Gasteiger partial charge in [0, 0.05) is 17.8 Å². The van der Waals surface area contributed by atoms with Crippen LogP contribution >= 0.6 is 22.6 Å². The summed E-state index contributed by atoms with van der Waals surface area (Å²) in [5, 5.41) is 3.47. The highest BCUT2D eigenvalue weighted by Gasteiger charge is 2.13. The van der Waals surface area contributed by atoms with Gasteiger partial charge in [-0.2, -0.15) is 0 Å². The number of aryl methyl sites for hydroxylation is 2. The fourth-order valence-electron chi connectivity index (χ4n) is 2.99. The Morgan fingerprint density at radius 1 is 1.04 bits per heavy atom. The van der Waals surface area contributed by atoms with E-state index in [4.69, 9.17) is 9.47 Å². The number of methoxy groups -OCH3 is 1. The van der Waals surface area contributed by atoms with E-state index in [1.807, 2.05) is 6.07 Å². The average Bonchev–Trinajstić information content (AvgIpc) is 2.67. The largest absolute Gasteiger partial charge is 0.493 e. The Bertz CT molecular complexity index is 975. The van der Waals surface area contributed by atoms with Crippen molar-refractivity contribution >= 4 is 28.3 Å². The fraction of sp³-hybridized carbons (Fsp3) is 0.217. The quantitative estimate of drug-likeness (QED) is 0.397. The van der Waals surface area contributed by atoms with E-state index >= 15 is 0 Å². The Balaban J connectivity index is 1.74. The lowest BCUT2D eigenvalue weighted by atomic mass is 10.1. The van der Waals surface area contributed by atoms with Gasteiger partial charge in [-0.15, -0.1) is 0 Å². The van der Waals surface area contributed by atoms with Crippen molar-refractivity contribution < 1.29 is 13.9 Å². The molecule has 3 aromatic carbocycles. The molecule has 5 heteroatoms. The first kappa shape index (κ1) is 20.5. The SMILES string of the molecule is COc1cc(CNc2ccc(C)cc2C)cc(I)c1OCc1ccccc1F. The van der Waals surface area contributed by atoms with Crippen molar-refractivity contribution in [1.82, 2.24) is 0 Å². The summed E-state index contributed by atoms with van der Waals surface area (Å²) in [5.41, 5.74) is 5.17. The standard InChI is InChI=1S/C23H23FINO2/c1-15-8-9-21(16(2)10-15)26-13-17-11-20(25)23(22(12-17)27-3)28-14-18-6-4-5-7-19(18)24/h4-12,26H,13-14H2,1-3H3. The molecule has 0 bridgehead atoms. The Morgan fingerprint density at radius 2 is 1.82 bits per heavy atom. The number of halogens is 2. The third-order valence-electron chi connectivity index (χ3n) is 4.48. The van der Waals surface area contributed by atoms with E-state index in [-0.39, 0.29) is 12.4 Å². The zero-order chi connectivity index (χ0) is 20.1. The second-order valence-electron chi connectivity index (χ2n) is 6.66. The van der Waals surface area contributed by atoms with Crippen LogP contribution in [0.1, 0.15) is 22.3 Å². The molecule has 0 aliphatic heterocycles. The molecule has 3 rings (SSSR count).